The summed E-state index contributed by atoms with van der Waals surface area (Å²) in [4.78, 5) is 25.8. The van der Waals surface area contributed by atoms with Crippen LogP contribution >= 0.6 is 0 Å². The average Bonchev–Trinajstić information content (AvgIpc) is 2.46. The summed E-state index contributed by atoms with van der Waals surface area (Å²) >= 11 is 0. The molecule has 0 atom stereocenters. The van der Waals surface area contributed by atoms with Crippen LogP contribution in [0.15, 0.2) is 0 Å². The summed E-state index contributed by atoms with van der Waals surface area (Å²) in [6.07, 6.45) is 3.47. The first kappa shape index (κ1) is 14.3. The third-order valence-corrected chi connectivity index (χ3v) is 2.98. The zero-order valence-electron chi connectivity index (χ0n) is 11.6. The normalized spacial score (nSPS) is 14.9. The summed E-state index contributed by atoms with van der Waals surface area (Å²) in [5, 5.41) is 2.81. The van der Waals surface area contributed by atoms with Crippen molar-refractivity contribution in [1.82, 2.24) is 15.0 Å². The van der Waals surface area contributed by atoms with Gasteiger partial charge in [0.05, 0.1) is 6.61 Å². The molecule has 0 bridgehead atoms. The first-order valence-corrected chi connectivity index (χ1v) is 6.85. The van der Waals surface area contributed by atoms with Gasteiger partial charge in [0.1, 0.15) is 6.54 Å². The number of nitrogens with zero attached hydrogens (tertiary/aromatic N) is 4. The van der Waals surface area contributed by atoms with E-state index >= 15 is 0 Å². The molecule has 1 saturated heterocycles. The lowest BCUT2D eigenvalue weighted by Gasteiger charge is -2.26. The van der Waals surface area contributed by atoms with Crippen molar-refractivity contribution >= 4 is 23.8 Å². The van der Waals surface area contributed by atoms with Crippen molar-refractivity contribution in [3.63, 3.8) is 0 Å². The molecule has 0 amide bonds. The highest BCUT2D eigenvalue weighted by Crippen LogP contribution is 2.17. The van der Waals surface area contributed by atoms with Gasteiger partial charge in [-0.15, -0.1) is 0 Å². The first-order chi connectivity index (χ1) is 9.69. The SMILES string of the molecule is CCOC(=O)CNc1nc(N)nc(N2CCCCC2)n1. The van der Waals surface area contributed by atoms with E-state index in [4.69, 9.17) is 10.5 Å². The van der Waals surface area contributed by atoms with E-state index in [2.05, 4.69) is 25.2 Å². The molecule has 1 aromatic heterocycles. The van der Waals surface area contributed by atoms with Gasteiger partial charge in [0.25, 0.3) is 0 Å². The molecular formula is C12H20N6O2. The Bertz CT molecular complexity index is 461. The molecule has 0 radical (unpaired) electrons. The van der Waals surface area contributed by atoms with Crippen LogP contribution < -0.4 is 16.0 Å². The van der Waals surface area contributed by atoms with Crippen molar-refractivity contribution in [3.05, 3.63) is 0 Å². The van der Waals surface area contributed by atoms with Gasteiger partial charge in [-0.25, -0.2) is 0 Å². The number of aromatic nitrogens is 3. The minimum Gasteiger partial charge on any atom is -0.465 e. The van der Waals surface area contributed by atoms with Crippen molar-refractivity contribution in [2.24, 2.45) is 0 Å². The second-order valence-corrected chi connectivity index (χ2v) is 4.52. The Balaban J connectivity index is 2.02. The lowest BCUT2D eigenvalue weighted by atomic mass is 10.1. The van der Waals surface area contributed by atoms with Gasteiger partial charge in [-0.1, -0.05) is 0 Å². The standard InChI is InChI=1S/C12H20N6O2/c1-2-20-9(19)8-14-11-15-10(13)16-12(17-11)18-6-4-3-5-7-18/h2-8H2,1H3,(H3,13,14,15,16,17). The number of rotatable bonds is 5. The van der Waals surface area contributed by atoms with Crippen molar-refractivity contribution in [1.29, 1.82) is 0 Å². The van der Waals surface area contributed by atoms with Gasteiger partial charge in [0.2, 0.25) is 17.8 Å². The molecule has 0 aliphatic carbocycles. The number of nitrogens with one attached hydrogen (secondary N) is 1. The maximum atomic E-state index is 11.3. The molecule has 1 aromatic rings. The summed E-state index contributed by atoms with van der Waals surface area (Å²) in [6, 6.07) is 0. The highest BCUT2D eigenvalue weighted by molar-refractivity contribution is 5.74. The van der Waals surface area contributed by atoms with Gasteiger partial charge in [-0.2, -0.15) is 15.0 Å². The highest BCUT2D eigenvalue weighted by atomic mass is 16.5. The molecule has 2 rings (SSSR count). The van der Waals surface area contributed by atoms with Crippen molar-refractivity contribution in [2.75, 3.05) is 42.2 Å². The van der Waals surface area contributed by atoms with Gasteiger partial charge >= 0.3 is 5.97 Å². The fraction of sp³-hybridized carbons (Fsp3) is 0.667. The molecule has 0 saturated carbocycles. The smallest absolute Gasteiger partial charge is 0.325 e. The summed E-state index contributed by atoms with van der Waals surface area (Å²) in [7, 11) is 0. The van der Waals surface area contributed by atoms with Crippen molar-refractivity contribution in [2.45, 2.75) is 26.2 Å². The summed E-state index contributed by atoms with van der Waals surface area (Å²) in [5.41, 5.74) is 5.69. The van der Waals surface area contributed by atoms with Gasteiger partial charge in [-0.05, 0) is 26.2 Å². The molecule has 0 spiro atoms. The van der Waals surface area contributed by atoms with Crippen LogP contribution in [0.3, 0.4) is 0 Å². The largest absolute Gasteiger partial charge is 0.465 e. The van der Waals surface area contributed by atoms with Crippen LogP contribution in [0.1, 0.15) is 26.2 Å². The molecule has 2 heterocycles. The predicted molar refractivity (Wildman–Crippen MR) is 75.4 cm³/mol. The van der Waals surface area contributed by atoms with E-state index < -0.39 is 0 Å². The number of esters is 1. The van der Waals surface area contributed by atoms with Gasteiger partial charge < -0.3 is 20.7 Å². The molecule has 110 valence electrons. The quantitative estimate of drug-likeness (QED) is 0.747. The van der Waals surface area contributed by atoms with Gasteiger partial charge in [0, 0.05) is 13.1 Å². The van der Waals surface area contributed by atoms with Crippen LogP contribution in [-0.4, -0.2) is 47.2 Å². The molecule has 8 heteroatoms. The maximum Gasteiger partial charge on any atom is 0.325 e. The minimum atomic E-state index is -0.356. The topological polar surface area (TPSA) is 106 Å². The number of hydrogen-bond acceptors (Lipinski definition) is 8. The summed E-state index contributed by atoms with van der Waals surface area (Å²) < 4.78 is 4.83. The zero-order valence-corrected chi connectivity index (χ0v) is 11.6. The Morgan fingerprint density at radius 1 is 1.30 bits per heavy atom. The van der Waals surface area contributed by atoms with Crippen molar-refractivity contribution in [3.8, 4) is 0 Å². The number of nitrogen functional groups attached to an aromatic ring is 1. The van der Waals surface area contributed by atoms with Crippen LogP contribution in [0.25, 0.3) is 0 Å². The average molecular weight is 280 g/mol. The van der Waals surface area contributed by atoms with Crippen LogP contribution in [0.4, 0.5) is 17.8 Å². The number of piperidine rings is 1. The van der Waals surface area contributed by atoms with Crippen LogP contribution in [0.5, 0.6) is 0 Å². The van der Waals surface area contributed by atoms with Gasteiger partial charge in [0.15, 0.2) is 0 Å². The van der Waals surface area contributed by atoms with E-state index in [1.165, 1.54) is 6.42 Å². The van der Waals surface area contributed by atoms with E-state index in [1.807, 2.05) is 0 Å². The number of ether oxygens (including phenoxy) is 1. The first-order valence-electron chi connectivity index (χ1n) is 6.85. The van der Waals surface area contributed by atoms with E-state index in [-0.39, 0.29) is 18.5 Å². The molecule has 20 heavy (non-hydrogen) atoms. The fourth-order valence-electron chi connectivity index (χ4n) is 2.06. The molecule has 1 fully saturated rings. The summed E-state index contributed by atoms with van der Waals surface area (Å²) in [5.74, 6) is 0.646. The van der Waals surface area contributed by atoms with E-state index in [0.29, 0.717) is 18.5 Å². The maximum absolute atomic E-state index is 11.3. The Morgan fingerprint density at radius 3 is 2.75 bits per heavy atom. The molecule has 1 aliphatic heterocycles. The third-order valence-electron chi connectivity index (χ3n) is 2.98. The second-order valence-electron chi connectivity index (χ2n) is 4.52. The Hall–Kier alpha value is -2.12. The zero-order chi connectivity index (χ0) is 14.4. The van der Waals surface area contributed by atoms with E-state index in [0.717, 1.165) is 25.9 Å². The molecule has 0 aromatic carbocycles. The van der Waals surface area contributed by atoms with Crippen molar-refractivity contribution < 1.29 is 9.53 Å². The Labute approximate surface area is 117 Å². The monoisotopic (exact) mass is 280 g/mol. The van der Waals surface area contributed by atoms with Crippen LogP contribution in [-0.2, 0) is 9.53 Å². The number of anilines is 3. The Morgan fingerprint density at radius 2 is 2.05 bits per heavy atom. The number of hydrogen-bond donors (Lipinski definition) is 2. The number of nitrogens with two attached hydrogens (primary N) is 1. The lowest BCUT2D eigenvalue weighted by Crippen LogP contribution is -2.31. The number of carbonyl (C=O) groups is 1. The summed E-state index contributed by atoms with van der Waals surface area (Å²) in [6.45, 7) is 3.95. The van der Waals surface area contributed by atoms with Gasteiger partial charge in [-0.3, -0.25) is 4.79 Å². The molecule has 3 N–H and O–H groups in total. The predicted octanol–water partition coefficient (Wildman–Crippen LogP) is 0.419. The highest BCUT2D eigenvalue weighted by Gasteiger charge is 2.15. The lowest BCUT2D eigenvalue weighted by molar-refractivity contribution is -0.140. The van der Waals surface area contributed by atoms with Crippen LogP contribution in [0, 0.1) is 0 Å². The molecule has 8 nitrogen and oxygen atoms in total. The fourth-order valence-corrected chi connectivity index (χ4v) is 2.06. The molecule has 1 aliphatic rings. The minimum absolute atomic E-state index is 0.0106. The second kappa shape index (κ2) is 6.88. The van der Waals surface area contributed by atoms with E-state index in [9.17, 15) is 4.79 Å². The van der Waals surface area contributed by atoms with Crippen LogP contribution in [0.2, 0.25) is 0 Å². The van der Waals surface area contributed by atoms with E-state index in [1.54, 1.807) is 6.92 Å². The molecular weight excluding hydrogens is 260 g/mol. The number of carbonyl (C=O) groups excluding carboxylic acids is 1. The third kappa shape index (κ3) is 3.94. The molecule has 0 unspecified atom stereocenters. The Kier molecular flexibility index (Phi) is 4.91.